The van der Waals surface area contributed by atoms with Gasteiger partial charge in [-0.15, -0.1) is 0 Å². The molecule has 5 N–H and O–H groups in total. The van der Waals surface area contributed by atoms with Crippen LogP contribution in [-0.2, 0) is 23.9 Å². The molecule has 1 aliphatic carbocycles. The van der Waals surface area contributed by atoms with Crippen molar-refractivity contribution in [1.82, 2.24) is 20.9 Å². The highest BCUT2D eigenvalue weighted by Crippen LogP contribution is 2.65. The second-order valence-corrected chi connectivity index (χ2v) is 13.1. The number of nitrogens with one attached hydrogen (secondary N) is 3. The molecule has 0 radical (unpaired) electrons. The smallest absolute Gasteiger partial charge is 0.408 e. The molecule has 11 nitrogen and oxygen atoms in total. The Balaban J connectivity index is 1.77. The van der Waals surface area contributed by atoms with Crippen LogP contribution in [0.1, 0.15) is 67.7 Å². The molecular formula is C27H47N5O6. The molecule has 0 aromatic heterocycles. The zero-order valence-electron chi connectivity index (χ0n) is 24.0. The Morgan fingerprint density at radius 3 is 2.45 bits per heavy atom. The molecule has 216 valence electrons. The molecule has 6 atom stereocenters. The average Bonchev–Trinajstić information content (AvgIpc) is 3.18. The molecule has 3 aliphatic rings. The van der Waals surface area contributed by atoms with Crippen LogP contribution in [0.25, 0.3) is 0 Å². The fraction of sp³-hybridized carbons (Fsp3) is 0.852. The van der Waals surface area contributed by atoms with E-state index < -0.39 is 35.7 Å². The van der Waals surface area contributed by atoms with Gasteiger partial charge in [-0.25, -0.2) is 4.79 Å². The van der Waals surface area contributed by atoms with E-state index in [4.69, 9.17) is 15.2 Å². The molecule has 2 saturated heterocycles. The summed E-state index contributed by atoms with van der Waals surface area (Å²) in [5.41, 5.74) is 4.88. The number of carbonyl (C=O) groups excluding carboxylic acids is 4. The van der Waals surface area contributed by atoms with Gasteiger partial charge in [0.2, 0.25) is 17.7 Å². The van der Waals surface area contributed by atoms with E-state index in [9.17, 15) is 19.2 Å². The van der Waals surface area contributed by atoms with Crippen LogP contribution in [0.4, 0.5) is 4.79 Å². The summed E-state index contributed by atoms with van der Waals surface area (Å²) in [6.45, 7) is 15.5. The van der Waals surface area contributed by atoms with E-state index in [1.54, 1.807) is 25.7 Å². The number of alkyl carbamates (subject to hydrolysis) is 1. The van der Waals surface area contributed by atoms with Gasteiger partial charge >= 0.3 is 6.09 Å². The summed E-state index contributed by atoms with van der Waals surface area (Å²) in [7, 11) is 0. The van der Waals surface area contributed by atoms with Crippen LogP contribution in [0.3, 0.4) is 0 Å². The van der Waals surface area contributed by atoms with Gasteiger partial charge in [-0.1, -0.05) is 27.7 Å². The SMILES string of the molecule is CC(C)C[C@H](NC(=O)OC(C)(C)C)C(=O)N1C[C@H]2[C@@H]([C@H]1C(=O)N[C@@H](C[C@@H]1CCNCOC1)C(N)=O)C2(C)C. The van der Waals surface area contributed by atoms with Crippen LogP contribution in [-0.4, -0.2) is 78.9 Å². The molecule has 38 heavy (non-hydrogen) atoms. The lowest BCUT2D eigenvalue weighted by Gasteiger charge is -2.34. The van der Waals surface area contributed by atoms with E-state index in [1.165, 1.54) is 0 Å². The highest BCUT2D eigenvalue weighted by atomic mass is 16.6. The molecule has 0 aromatic carbocycles. The monoisotopic (exact) mass is 537 g/mol. The van der Waals surface area contributed by atoms with E-state index in [0.717, 1.165) is 13.0 Å². The van der Waals surface area contributed by atoms with Gasteiger partial charge < -0.3 is 30.7 Å². The van der Waals surface area contributed by atoms with Crippen LogP contribution >= 0.6 is 0 Å². The highest BCUT2D eigenvalue weighted by molar-refractivity contribution is 5.95. The number of hydrogen-bond donors (Lipinski definition) is 4. The Labute approximate surface area is 226 Å². The standard InChI is InChI=1S/C27H47N5O6/c1-15(2)10-19(31-25(36)38-26(3,4)5)24(35)32-12-17-20(27(17,6)7)21(32)23(34)30-18(22(28)33)11-16-8-9-29-14-37-13-16/h15-21,29H,8-14H2,1-7H3,(H2,28,33)(H,30,34)(H,31,36)/t16-,17-,18-,19-,20-,21-/m0/s1. The van der Waals surface area contributed by atoms with E-state index >= 15 is 0 Å². The van der Waals surface area contributed by atoms with Gasteiger partial charge in [0.05, 0.1) is 13.3 Å². The number of piperidine rings is 1. The van der Waals surface area contributed by atoms with Crippen LogP contribution in [0.2, 0.25) is 0 Å². The van der Waals surface area contributed by atoms with E-state index in [1.807, 2.05) is 13.8 Å². The summed E-state index contributed by atoms with van der Waals surface area (Å²) >= 11 is 0. The Bertz CT molecular complexity index is 893. The van der Waals surface area contributed by atoms with Crippen molar-refractivity contribution in [2.45, 2.75) is 91.5 Å². The summed E-state index contributed by atoms with van der Waals surface area (Å²) < 4.78 is 10.9. The number of amides is 4. The fourth-order valence-corrected chi connectivity index (χ4v) is 5.94. The number of ether oxygens (including phenoxy) is 2. The summed E-state index contributed by atoms with van der Waals surface area (Å²) in [4.78, 5) is 53.9. The van der Waals surface area contributed by atoms with Crippen molar-refractivity contribution in [1.29, 1.82) is 0 Å². The Kier molecular flexibility index (Phi) is 9.34. The van der Waals surface area contributed by atoms with Crippen LogP contribution < -0.4 is 21.7 Å². The number of carbonyl (C=O) groups is 4. The largest absolute Gasteiger partial charge is 0.444 e. The lowest BCUT2D eigenvalue weighted by Crippen LogP contribution is -2.58. The first kappa shape index (κ1) is 30.1. The molecule has 11 heteroatoms. The lowest BCUT2D eigenvalue weighted by molar-refractivity contribution is -0.143. The minimum absolute atomic E-state index is 0.0355. The maximum atomic E-state index is 13.8. The van der Waals surface area contributed by atoms with Crippen molar-refractivity contribution < 1.29 is 28.7 Å². The van der Waals surface area contributed by atoms with Gasteiger partial charge in [-0.05, 0) is 75.7 Å². The van der Waals surface area contributed by atoms with Crippen LogP contribution in [0, 0.1) is 29.1 Å². The fourth-order valence-electron chi connectivity index (χ4n) is 5.94. The minimum Gasteiger partial charge on any atom is -0.444 e. The van der Waals surface area contributed by atoms with Gasteiger partial charge in [-0.3, -0.25) is 19.7 Å². The predicted molar refractivity (Wildman–Crippen MR) is 142 cm³/mol. The number of rotatable bonds is 9. The first-order chi connectivity index (χ1) is 17.6. The summed E-state index contributed by atoms with van der Waals surface area (Å²) in [6.07, 6.45) is 0.910. The normalized spacial score (nSPS) is 28.1. The first-order valence-corrected chi connectivity index (χ1v) is 13.8. The number of hydrogen-bond acceptors (Lipinski definition) is 7. The molecule has 0 bridgehead atoms. The summed E-state index contributed by atoms with van der Waals surface area (Å²) in [6, 6.07) is -2.44. The van der Waals surface area contributed by atoms with Gasteiger partial charge in [-0.2, -0.15) is 0 Å². The third-order valence-electron chi connectivity index (χ3n) is 7.97. The maximum absolute atomic E-state index is 13.8. The first-order valence-electron chi connectivity index (χ1n) is 13.8. The van der Waals surface area contributed by atoms with Crippen molar-refractivity contribution in [3.63, 3.8) is 0 Å². The molecule has 2 heterocycles. The second kappa shape index (κ2) is 11.8. The zero-order valence-corrected chi connectivity index (χ0v) is 24.0. The third kappa shape index (κ3) is 7.37. The topological polar surface area (TPSA) is 152 Å². The molecule has 1 saturated carbocycles. The number of fused-ring (bicyclic) bond motifs is 1. The van der Waals surface area contributed by atoms with Gasteiger partial charge in [0.15, 0.2) is 0 Å². The summed E-state index contributed by atoms with van der Waals surface area (Å²) in [5, 5.41) is 8.74. The molecule has 2 aliphatic heterocycles. The van der Waals surface area contributed by atoms with Crippen molar-refractivity contribution in [3.05, 3.63) is 0 Å². The third-order valence-corrected chi connectivity index (χ3v) is 7.97. The Hall–Kier alpha value is -2.40. The lowest BCUT2D eigenvalue weighted by atomic mass is 9.95. The Morgan fingerprint density at radius 1 is 1.16 bits per heavy atom. The van der Waals surface area contributed by atoms with Crippen molar-refractivity contribution in [3.8, 4) is 0 Å². The number of primary amides is 1. The molecule has 0 aromatic rings. The van der Waals surface area contributed by atoms with E-state index in [-0.39, 0.29) is 40.9 Å². The maximum Gasteiger partial charge on any atom is 0.408 e. The average molecular weight is 538 g/mol. The van der Waals surface area contributed by atoms with Crippen molar-refractivity contribution in [2.24, 2.45) is 34.8 Å². The number of nitrogens with two attached hydrogens (primary N) is 1. The van der Waals surface area contributed by atoms with E-state index in [2.05, 4.69) is 29.8 Å². The number of likely N-dealkylation sites (tertiary alicyclic amines) is 1. The quantitative estimate of drug-likeness (QED) is 0.346. The van der Waals surface area contributed by atoms with Crippen molar-refractivity contribution >= 4 is 23.8 Å². The molecule has 3 fully saturated rings. The van der Waals surface area contributed by atoms with Gasteiger partial charge in [0.1, 0.15) is 23.7 Å². The van der Waals surface area contributed by atoms with E-state index in [0.29, 0.717) is 32.7 Å². The summed E-state index contributed by atoms with van der Waals surface area (Å²) in [5.74, 6) is -0.983. The van der Waals surface area contributed by atoms with Crippen molar-refractivity contribution in [2.75, 3.05) is 26.4 Å². The highest BCUT2D eigenvalue weighted by Gasteiger charge is 2.69. The zero-order chi connectivity index (χ0) is 28.4. The molecular weight excluding hydrogens is 490 g/mol. The predicted octanol–water partition coefficient (Wildman–Crippen LogP) is 1.35. The number of nitrogens with zero attached hydrogens (tertiary/aromatic N) is 1. The molecule has 0 unspecified atom stereocenters. The van der Waals surface area contributed by atoms with Gasteiger partial charge in [0.25, 0.3) is 0 Å². The molecule has 3 rings (SSSR count). The molecule has 0 spiro atoms. The van der Waals surface area contributed by atoms with Gasteiger partial charge in [0, 0.05) is 6.54 Å². The van der Waals surface area contributed by atoms with Crippen LogP contribution in [0.5, 0.6) is 0 Å². The Morgan fingerprint density at radius 2 is 1.84 bits per heavy atom. The van der Waals surface area contributed by atoms with Crippen LogP contribution in [0.15, 0.2) is 0 Å². The second-order valence-electron chi connectivity index (χ2n) is 13.1. The minimum atomic E-state index is -0.863. The molecule has 4 amide bonds.